The third-order valence-corrected chi connectivity index (χ3v) is 1.15. The Labute approximate surface area is 222 Å². The van der Waals surface area contributed by atoms with E-state index in [9.17, 15) is 19.2 Å². The largest absolute Gasteiger partial charge is 0.332 e. The summed E-state index contributed by atoms with van der Waals surface area (Å²) in [4.78, 5) is 61.0. The molecule has 0 rings (SSSR count). The van der Waals surface area contributed by atoms with Gasteiger partial charge in [0.05, 0.1) is 10.5 Å². The molecule has 10 nitrogen and oxygen atoms in total. The van der Waals surface area contributed by atoms with Crippen molar-refractivity contribution in [3.63, 3.8) is 0 Å². The Morgan fingerprint density at radius 3 is 0.870 bits per heavy atom. The summed E-state index contributed by atoms with van der Waals surface area (Å²) in [6, 6.07) is 0. The summed E-state index contributed by atoms with van der Waals surface area (Å²) in [6.45, 7) is 3.58. The van der Waals surface area contributed by atoms with Gasteiger partial charge < -0.3 is 19.4 Å². The summed E-state index contributed by atoms with van der Waals surface area (Å²) in [5, 5.41) is 0.771. The zero-order chi connectivity index (χ0) is 15.0. The van der Waals surface area contributed by atoms with Gasteiger partial charge in [0.25, 0.3) is 0 Å². The second kappa shape index (κ2) is 20.1. The maximum Gasteiger partial charge on any atom is 0.326 e. The standard InChI is InChI=1S/C9H14N2O8.4Na/c1-6(12)16-10(17-7(2)13)5-11(18-8(3)14)19-9(4)15;;;;/h5H2,1-4H3;;;;. The zero-order valence-corrected chi connectivity index (χ0v) is 22.9. The van der Waals surface area contributed by atoms with Crippen molar-refractivity contribution in [3.05, 3.63) is 0 Å². The fraction of sp³-hybridized carbons (Fsp3) is 0.556. The van der Waals surface area contributed by atoms with Crippen LogP contribution in [0.25, 0.3) is 0 Å². The average Bonchev–Trinajstić information content (AvgIpc) is 2.11. The van der Waals surface area contributed by atoms with Gasteiger partial charge in [0.15, 0.2) is 6.67 Å². The van der Waals surface area contributed by atoms with E-state index in [2.05, 4.69) is 19.4 Å². The van der Waals surface area contributed by atoms with E-state index in [-0.39, 0.29) is 118 Å². The Balaban J connectivity index is -0.000000270. The van der Waals surface area contributed by atoms with Crippen LogP contribution in [0, 0.1) is 0 Å². The van der Waals surface area contributed by atoms with Crippen LogP contribution in [0.2, 0.25) is 0 Å². The van der Waals surface area contributed by atoms with Crippen LogP contribution in [0.3, 0.4) is 0 Å². The molecule has 0 aromatic rings. The van der Waals surface area contributed by atoms with Crippen LogP contribution in [0.15, 0.2) is 0 Å². The van der Waals surface area contributed by atoms with E-state index in [1.165, 1.54) is 0 Å². The average molecular weight is 370 g/mol. The second-order valence-corrected chi connectivity index (χ2v) is 3.14. The van der Waals surface area contributed by atoms with Crippen molar-refractivity contribution in [2.75, 3.05) is 6.67 Å². The molecule has 0 N–H and O–H groups in total. The fourth-order valence-corrected chi connectivity index (χ4v) is 0.821. The fourth-order valence-electron chi connectivity index (χ4n) is 0.821. The summed E-state index contributed by atoms with van der Waals surface area (Å²) in [6.07, 6.45) is 0. The van der Waals surface area contributed by atoms with Crippen LogP contribution in [-0.2, 0) is 38.5 Å². The van der Waals surface area contributed by atoms with E-state index in [4.69, 9.17) is 0 Å². The van der Waals surface area contributed by atoms with Gasteiger partial charge in [-0.15, -0.1) is 0 Å². The molecule has 14 heteroatoms. The van der Waals surface area contributed by atoms with Gasteiger partial charge in [-0.25, -0.2) is 0 Å². The maximum atomic E-state index is 10.8. The molecule has 0 aliphatic rings. The Kier molecular flexibility index (Phi) is 31.3. The molecule has 0 aromatic heterocycles. The zero-order valence-electron chi connectivity index (χ0n) is 14.9. The van der Waals surface area contributed by atoms with Gasteiger partial charge in [-0.05, 0) is 0 Å². The van der Waals surface area contributed by atoms with E-state index in [0.717, 1.165) is 27.7 Å². The quantitative estimate of drug-likeness (QED) is 0.294. The monoisotopic (exact) mass is 370 g/mol. The summed E-state index contributed by atoms with van der Waals surface area (Å²) >= 11 is 0. The molecular formula is C9H14N2Na4O8. The first kappa shape index (κ1) is 35.8. The Morgan fingerprint density at radius 1 is 0.565 bits per heavy atom. The molecule has 4 radical (unpaired) electrons. The Morgan fingerprint density at radius 2 is 0.739 bits per heavy atom. The number of hydroxylamine groups is 4. The molecule has 0 amide bonds. The van der Waals surface area contributed by atoms with Crippen molar-refractivity contribution in [2.45, 2.75) is 27.7 Å². The van der Waals surface area contributed by atoms with Gasteiger partial charge in [-0.2, -0.15) is 0 Å². The van der Waals surface area contributed by atoms with E-state index in [0.29, 0.717) is 10.5 Å². The number of rotatable bonds is 6. The molecule has 23 heavy (non-hydrogen) atoms. The van der Waals surface area contributed by atoms with E-state index >= 15 is 0 Å². The summed E-state index contributed by atoms with van der Waals surface area (Å²) in [5.41, 5.74) is 0. The normalized spacial score (nSPS) is 8.26. The molecular weight excluding hydrogens is 356 g/mol. The van der Waals surface area contributed by atoms with Crippen LogP contribution >= 0.6 is 0 Å². The van der Waals surface area contributed by atoms with Crippen LogP contribution in [0.5, 0.6) is 0 Å². The Hall–Kier alpha value is 1.80. The maximum absolute atomic E-state index is 10.8. The molecule has 0 saturated heterocycles. The van der Waals surface area contributed by atoms with E-state index in [1.807, 2.05) is 0 Å². The number of hydrogen-bond donors (Lipinski definition) is 0. The van der Waals surface area contributed by atoms with Crippen molar-refractivity contribution in [1.82, 2.24) is 10.5 Å². The molecule has 0 aliphatic carbocycles. The van der Waals surface area contributed by atoms with Crippen molar-refractivity contribution in [3.8, 4) is 0 Å². The Bertz CT molecular complexity index is 319. The minimum atomic E-state index is -0.799. The van der Waals surface area contributed by atoms with Crippen LogP contribution in [0.4, 0.5) is 0 Å². The number of carbonyl (C=O) groups excluding carboxylic acids is 4. The van der Waals surface area contributed by atoms with Crippen molar-refractivity contribution in [2.24, 2.45) is 0 Å². The molecule has 0 heterocycles. The minimum absolute atomic E-state index is 0. The van der Waals surface area contributed by atoms with Crippen LogP contribution in [0.1, 0.15) is 27.7 Å². The summed E-state index contributed by atoms with van der Waals surface area (Å²) in [5.74, 6) is -3.20. The first-order valence-electron chi connectivity index (χ1n) is 5.00. The third-order valence-electron chi connectivity index (χ3n) is 1.15. The molecule has 0 atom stereocenters. The van der Waals surface area contributed by atoms with Gasteiger partial charge >= 0.3 is 23.9 Å². The molecule has 0 saturated carbocycles. The molecule has 0 unspecified atom stereocenters. The molecule has 0 aromatic carbocycles. The molecule has 0 bridgehead atoms. The molecule has 0 fully saturated rings. The topological polar surface area (TPSA) is 112 Å². The van der Waals surface area contributed by atoms with Crippen molar-refractivity contribution < 1.29 is 38.5 Å². The first-order chi connectivity index (χ1) is 8.70. The first-order valence-corrected chi connectivity index (χ1v) is 5.00. The van der Waals surface area contributed by atoms with Gasteiger partial charge in [0.1, 0.15) is 0 Å². The van der Waals surface area contributed by atoms with Crippen molar-refractivity contribution >= 4 is 142 Å². The molecule has 112 valence electrons. The SMILES string of the molecule is CC(=O)ON(CN(OC(C)=O)OC(C)=O)OC(C)=O.[Na].[Na].[Na].[Na]. The predicted octanol–water partition coefficient (Wildman–Crippen LogP) is -2.06. The van der Waals surface area contributed by atoms with Gasteiger partial charge in [0.2, 0.25) is 0 Å². The number of hydrogen-bond acceptors (Lipinski definition) is 10. The van der Waals surface area contributed by atoms with E-state index < -0.39 is 30.5 Å². The predicted molar refractivity (Wildman–Crippen MR) is 78.6 cm³/mol. The summed E-state index contributed by atoms with van der Waals surface area (Å²) in [7, 11) is 0. The third kappa shape index (κ3) is 23.8. The van der Waals surface area contributed by atoms with Gasteiger partial charge in [-0.1, -0.05) is 0 Å². The minimum Gasteiger partial charge on any atom is -0.332 e. The smallest absolute Gasteiger partial charge is 0.326 e. The van der Waals surface area contributed by atoms with Crippen molar-refractivity contribution in [1.29, 1.82) is 0 Å². The van der Waals surface area contributed by atoms with Crippen LogP contribution < -0.4 is 0 Å². The van der Waals surface area contributed by atoms with Crippen LogP contribution in [-0.4, -0.2) is 159 Å². The molecule has 0 aliphatic heterocycles. The number of nitrogens with zero attached hydrogens (tertiary/aromatic N) is 2. The molecule has 0 spiro atoms. The number of carbonyl (C=O) groups is 4. The summed E-state index contributed by atoms with van der Waals surface area (Å²) < 4.78 is 0. The van der Waals surface area contributed by atoms with Gasteiger partial charge in [-0.3, -0.25) is 19.2 Å². The van der Waals surface area contributed by atoms with E-state index in [1.54, 1.807) is 0 Å². The van der Waals surface area contributed by atoms with Gasteiger partial charge in [0, 0.05) is 146 Å². The second-order valence-electron chi connectivity index (χ2n) is 3.14.